The maximum atomic E-state index is 2.61. The zero-order valence-corrected chi connectivity index (χ0v) is 10.6. The van der Waals surface area contributed by atoms with Crippen molar-refractivity contribution < 1.29 is 0 Å². The molecule has 1 saturated heterocycles. The van der Waals surface area contributed by atoms with E-state index in [0.717, 1.165) is 0 Å². The third-order valence-corrected chi connectivity index (χ3v) is 3.24. The normalized spacial score (nSPS) is 19.1. The van der Waals surface area contributed by atoms with Gasteiger partial charge in [-0.3, -0.25) is 0 Å². The minimum Gasteiger partial charge on any atom is -0.375 e. The van der Waals surface area contributed by atoms with E-state index in [0.29, 0.717) is 0 Å². The second kappa shape index (κ2) is 7.78. The fourth-order valence-electron chi connectivity index (χ4n) is 2.25. The summed E-state index contributed by atoms with van der Waals surface area (Å²) in [5.74, 6) is 0. The molecule has 1 aliphatic heterocycles. The van der Waals surface area contributed by atoms with Crippen molar-refractivity contribution >= 4 is 0 Å². The van der Waals surface area contributed by atoms with Gasteiger partial charge in [0.25, 0.3) is 0 Å². The van der Waals surface area contributed by atoms with Crippen LogP contribution in [0.5, 0.6) is 0 Å². The zero-order chi connectivity index (χ0) is 10.9. The molecule has 1 fully saturated rings. The van der Waals surface area contributed by atoms with Crippen molar-refractivity contribution in [3.05, 3.63) is 11.8 Å². The number of rotatable bonds is 7. The van der Waals surface area contributed by atoms with Crippen molar-refractivity contribution in [3.63, 3.8) is 0 Å². The molecule has 1 aliphatic rings. The number of hydrogen-bond donors (Lipinski definition) is 0. The SMILES string of the molecule is CCCCCC=C1CCCN1CCCC. The molecule has 1 heterocycles. The fraction of sp³-hybridized carbons (Fsp3) is 0.857. The van der Waals surface area contributed by atoms with Gasteiger partial charge in [-0.1, -0.05) is 39.2 Å². The predicted molar refractivity (Wildman–Crippen MR) is 67.9 cm³/mol. The van der Waals surface area contributed by atoms with E-state index >= 15 is 0 Å². The number of nitrogens with zero attached hydrogens (tertiary/aromatic N) is 1. The minimum atomic E-state index is 1.29. The first-order valence-corrected chi connectivity index (χ1v) is 6.82. The molecule has 0 radical (unpaired) electrons. The highest BCUT2D eigenvalue weighted by atomic mass is 15.1. The third-order valence-electron chi connectivity index (χ3n) is 3.24. The summed E-state index contributed by atoms with van der Waals surface area (Å²) < 4.78 is 0. The van der Waals surface area contributed by atoms with Gasteiger partial charge in [-0.2, -0.15) is 0 Å². The Morgan fingerprint density at radius 2 is 1.93 bits per heavy atom. The van der Waals surface area contributed by atoms with Crippen LogP contribution in [0.4, 0.5) is 0 Å². The molecule has 0 unspecified atom stereocenters. The smallest absolute Gasteiger partial charge is 0.0178 e. The van der Waals surface area contributed by atoms with Gasteiger partial charge in [-0.25, -0.2) is 0 Å². The summed E-state index contributed by atoms with van der Waals surface area (Å²) in [7, 11) is 0. The van der Waals surface area contributed by atoms with Crippen LogP contribution in [-0.2, 0) is 0 Å². The van der Waals surface area contributed by atoms with Gasteiger partial charge >= 0.3 is 0 Å². The van der Waals surface area contributed by atoms with Crippen molar-refractivity contribution in [2.24, 2.45) is 0 Å². The zero-order valence-electron chi connectivity index (χ0n) is 10.6. The highest BCUT2D eigenvalue weighted by Gasteiger charge is 2.14. The Kier molecular flexibility index (Phi) is 6.54. The predicted octanol–water partition coefficient (Wildman–Crippen LogP) is 4.35. The van der Waals surface area contributed by atoms with E-state index in [-0.39, 0.29) is 0 Å². The second-order valence-corrected chi connectivity index (χ2v) is 4.64. The van der Waals surface area contributed by atoms with E-state index in [2.05, 4.69) is 24.8 Å². The average Bonchev–Trinajstić information content (AvgIpc) is 2.69. The van der Waals surface area contributed by atoms with E-state index in [1.54, 1.807) is 5.70 Å². The van der Waals surface area contributed by atoms with Gasteiger partial charge < -0.3 is 4.90 Å². The molecule has 0 saturated carbocycles. The van der Waals surface area contributed by atoms with Gasteiger partial charge in [0.1, 0.15) is 0 Å². The van der Waals surface area contributed by atoms with Crippen molar-refractivity contribution in [3.8, 4) is 0 Å². The molecule has 0 N–H and O–H groups in total. The first-order valence-electron chi connectivity index (χ1n) is 6.82. The molecule has 0 bridgehead atoms. The van der Waals surface area contributed by atoms with Gasteiger partial charge in [0.15, 0.2) is 0 Å². The Balaban J connectivity index is 2.25. The molecule has 1 heteroatoms. The van der Waals surface area contributed by atoms with Crippen molar-refractivity contribution in [1.29, 1.82) is 0 Å². The monoisotopic (exact) mass is 209 g/mol. The van der Waals surface area contributed by atoms with E-state index < -0.39 is 0 Å². The molecule has 15 heavy (non-hydrogen) atoms. The van der Waals surface area contributed by atoms with Crippen LogP contribution in [-0.4, -0.2) is 18.0 Å². The van der Waals surface area contributed by atoms with Crippen molar-refractivity contribution in [2.45, 2.75) is 65.2 Å². The van der Waals surface area contributed by atoms with Gasteiger partial charge in [0, 0.05) is 18.8 Å². The molecule has 1 nitrogen and oxygen atoms in total. The third kappa shape index (κ3) is 4.72. The molecular weight excluding hydrogens is 182 g/mol. The van der Waals surface area contributed by atoms with Gasteiger partial charge in [-0.15, -0.1) is 0 Å². The fourth-order valence-corrected chi connectivity index (χ4v) is 2.25. The first kappa shape index (κ1) is 12.6. The van der Waals surface area contributed by atoms with Crippen LogP contribution in [0.1, 0.15) is 65.2 Å². The lowest BCUT2D eigenvalue weighted by Gasteiger charge is -2.19. The second-order valence-electron chi connectivity index (χ2n) is 4.64. The van der Waals surface area contributed by atoms with Crippen LogP contribution in [0.3, 0.4) is 0 Å². The molecule has 88 valence electrons. The molecule has 0 atom stereocenters. The molecule has 0 aliphatic carbocycles. The number of hydrogen-bond acceptors (Lipinski definition) is 1. The molecule has 0 amide bonds. The molecule has 0 aromatic heterocycles. The van der Waals surface area contributed by atoms with Crippen LogP contribution in [0, 0.1) is 0 Å². The highest BCUT2D eigenvalue weighted by Crippen LogP contribution is 2.22. The maximum Gasteiger partial charge on any atom is 0.0178 e. The van der Waals surface area contributed by atoms with E-state index in [4.69, 9.17) is 0 Å². The van der Waals surface area contributed by atoms with Crippen molar-refractivity contribution in [1.82, 2.24) is 4.90 Å². The number of likely N-dealkylation sites (tertiary alicyclic amines) is 1. The van der Waals surface area contributed by atoms with Crippen LogP contribution >= 0.6 is 0 Å². The summed E-state index contributed by atoms with van der Waals surface area (Å²) >= 11 is 0. The summed E-state index contributed by atoms with van der Waals surface area (Å²) in [6, 6.07) is 0. The summed E-state index contributed by atoms with van der Waals surface area (Å²) in [5, 5.41) is 0. The Morgan fingerprint density at radius 3 is 2.67 bits per heavy atom. The average molecular weight is 209 g/mol. The van der Waals surface area contributed by atoms with Crippen LogP contribution in [0.15, 0.2) is 11.8 Å². The topological polar surface area (TPSA) is 3.24 Å². The van der Waals surface area contributed by atoms with Gasteiger partial charge in [-0.05, 0) is 32.1 Å². The van der Waals surface area contributed by atoms with Crippen molar-refractivity contribution in [2.75, 3.05) is 13.1 Å². The molecule has 0 aromatic rings. The minimum absolute atomic E-state index is 1.29. The van der Waals surface area contributed by atoms with E-state index in [1.165, 1.54) is 64.5 Å². The molecule has 0 spiro atoms. The van der Waals surface area contributed by atoms with Gasteiger partial charge in [0.05, 0.1) is 0 Å². The van der Waals surface area contributed by atoms with E-state index in [1.807, 2.05) is 0 Å². The van der Waals surface area contributed by atoms with E-state index in [9.17, 15) is 0 Å². The Bertz CT molecular complexity index is 184. The summed E-state index contributed by atoms with van der Waals surface area (Å²) in [6.07, 6.45) is 13.3. The standard InChI is InChI=1S/C14H27N/c1-3-5-7-8-10-14-11-9-13-15(14)12-6-4-2/h10H,3-9,11-13H2,1-2H3. The Morgan fingerprint density at radius 1 is 1.13 bits per heavy atom. The van der Waals surface area contributed by atoms with Crippen LogP contribution < -0.4 is 0 Å². The van der Waals surface area contributed by atoms with Crippen LogP contribution in [0.25, 0.3) is 0 Å². The molecule has 0 aromatic carbocycles. The largest absolute Gasteiger partial charge is 0.375 e. The van der Waals surface area contributed by atoms with Crippen LogP contribution in [0.2, 0.25) is 0 Å². The van der Waals surface area contributed by atoms with Gasteiger partial charge in [0.2, 0.25) is 0 Å². The lowest BCUT2D eigenvalue weighted by Crippen LogP contribution is -2.18. The molecule has 1 rings (SSSR count). The summed E-state index contributed by atoms with van der Waals surface area (Å²) in [4.78, 5) is 2.61. The molecular formula is C14H27N. The lowest BCUT2D eigenvalue weighted by atomic mass is 10.1. The maximum absolute atomic E-state index is 2.61. The number of unbranched alkanes of at least 4 members (excludes halogenated alkanes) is 4. The quantitative estimate of drug-likeness (QED) is 0.564. The summed E-state index contributed by atoms with van der Waals surface area (Å²) in [5.41, 5.74) is 1.64. The number of allylic oxidation sites excluding steroid dienone is 2. The lowest BCUT2D eigenvalue weighted by molar-refractivity contribution is 0.381. The Labute approximate surface area is 95.5 Å². The summed E-state index contributed by atoms with van der Waals surface area (Å²) in [6.45, 7) is 7.15. The Hall–Kier alpha value is -0.460. The first-order chi connectivity index (χ1) is 7.38. The highest BCUT2D eigenvalue weighted by molar-refractivity contribution is 5.05.